The van der Waals surface area contributed by atoms with E-state index in [2.05, 4.69) is 15.0 Å². The van der Waals surface area contributed by atoms with Gasteiger partial charge >= 0.3 is 6.36 Å². The van der Waals surface area contributed by atoms with Gasteiger partial charge in [-0.05, 0) is 24.3 Å². The van der Waals surface area contributed by atoms with Crippen molar-refractivity contribution in [1.29, 1.82) is 0 Å². The number of hydrogen-bond acceptors (Lipinski definition) is 4. The van der Waals surface area contributed by atoms with Crippen molar-refractivity contribution in [2.75, 3.05) is 5.32 Å². The number of nitrogens with one attached hydrogen (secondary N) is 1. The highest BCUT2D eigenvalue weighted by Gasteiger charge is 2.31. The normalized spacial score (nSPS) is 11.2. The fourth-order valence-electron chi connectivity index (χ4n) is 2.05. The van der Waals surface area contributed by atoms with E-state index < -0.39 is 12.3 Å². The molecule has 3 rings (SSSR count). The van der Waals surface area contributed by atoms with Gasteiger partial charge in [0.25, 0.3) is 5.91 Å². The Kier molecular flexibility index (Phi) is 4.71. The van der Waals surface area contributed by atoms with Gasteiger partial charge < -0.3 is 4.74 Å². The summed E-state index contributed by atoms with van der Waals surface area (Å²) in [5.74, 6) is -0.850. The summed E-state index contributed by atoms with van der Waals surface area (Å²) < 4.78 is 40.1. The summed E-state index contributed by atoms with van der Waals surface area (Å²) in [7, 11) is 0. The Balaban J connectivity index is 1.67. The highest BCUT2D eigenvalue weighted by molar-refractivity contribution is 7.14. The molecule has 0 bridgehead atoms. The van der Waals surface area contributed by atoms with Crippen molar-refractivity contribution in [1.82, 2.24) is 4.98 Å². The number of amides is 1. The van der Waals surface area contributed by atoms with Gasteiger partial charge in [-0.3, -0.25) is 10.1 Å². The minimum absolute atomic E-state index is 0.200. The zero-order chi connectivity index (χ0) is 17.9. The summed E-state index contributed by atoms with van der Waals surface area (Å²) in [5.41, 5.74) is 1.86. The fraction of sp³-hybridized carbons (Fsp3) is 0.0588. The zero-order valence-electron chi connectivity index (χ0n) is 12.6. The van der Waals surface area contributed by atoms with Gasteiger partial charge in [0.05, 0.1) is 5.69 Å². The molecule has 2 aromatic carbocycles. The number of benzene rings is 2. The number of aromatic nitrogens is 1. The average molecular weight is 364 g/mol. The number of anilines is 1. The van der Waals surface area contributed by atoms with Gasteiger partial charge in [0.15, 0.2) is 5.13 Å². The van der Waals surface area contributed by atoms with Gasteiger partial charge in [-0.25, -0.2) is 4.98 Å². The van der Waals surface area contributed by atoms with Crippen molar-refractivity contribution in [3.8, 4) is 17.0 Å². The van der Waals surface area contributed by atoms with Crippen LogP contribution in [-0.2, 0) is 0 Å². The molecule has 0 radical (unpaired) electrons. The Morgan fingerprint density at radius 2 is 1.72 bits per heavy atom. The molecule has 0 unspecified atom stereocenters. The van der Waals surface area contributed by atoms with Crippen LogP contribution in [0.4, 0.5) is 18.3 Å². The summed E-state index contributed by atoms with van der Waals surface area (Å²) in [5, 5.41) is 4.83. The molecule has 0 aliphatic rings. The van der Waals surface area contributed by atoms with Gasteiger partial charge in [-0.2, -0.15) is 0 Å². The van der Waals surface area contributed by atoms with E-state index in [-0.39, 0.29) is 11.3 Å². The molecule has 25 heavy (non-hydrogen) atoms. The molecule has 3 aromatic rings. The van der Waals surface area contributed by atoms with Crippen LogP contribution in [0.15, 0.2) is 60.0 Å². The summed E-state index contributed by atoms with van der Waals surface area (Å²) >= 11 is 1.26. The van der Waals surface area contributed by atoms with E-state index in [0.29, 0.717) is 5.13 Å². The Hall–Kier alpha value is -2.87. The molecule has 0 spiro atoms. The maximum Gasteiger partial charge on any atom is 0.573 e. The third kappa shape index (κ3) is 4.57. The minimum Gasteiger partial charge on any atom is -0.406 e. The number of carbonyl (C=O) groups is 1. The van der Waals surface area contributed by atoms with E-state index in [0.717, 1.165) is 23.4 Å². The van der Waals surface area contributed by atoms with Crippen molar-refractivity contribution in [3.05, 3.63) is 65.5 Å². The maximum atomic E-state index is 12.1. The lowest BCUT2D eigenvalue weighted by Crippen LogP contribution is -2.17. The monoisotopic (exact) mass is 364 g/mol. The van der Waals surface area contributed by atoms with E-state index in [1.807, 2.05) is 35.7 Å². The summed E-state index contributed by atoms with van der Waals surface area (Å²) in [6.45, 7) is 0. The molecule has 1 amide bonds. The van der Waals surface area contributed by atoms with Crippen molar-refractivity contribution < 1.29 is 22.7 Å². The second-order valence-electron chi connectivity index (χ2n) is 4.93. The first-order valence-corrected chi connectivity index (χ1v) is 7.97. The largest absolute Gasteiger partial charge is 0.573 e. The van der Waals surface area contributed by atoms with Crippen molar-refractivity contribution in [2.24, 2.45) is 0 Å². The van der Waals surface area contributed by atoms with Crippen LogP contribution in [0.3, 0.4) is 0 Å². The molecule has 0 aliphatic carbocycles. The van der Waals surface area contributed by atoms with Crippen LogP contribution in [0.1, 0.15) is 10.4 Å². The standard InChI is InChI=1S/C17H11F3N2O2S/c18-17(19,20)24-13-8-6-12(7-9-13)15(23)22-16-21-14(10-25-16)11-4-2-1-3-5-11/h1-10H,(H,21,22,23). The van der Waals surface area contributed by atoms with E-state index in [4.69, 9.17) is 0 Å². The predicted molar refractivity (Wildman–Crippen MR) is 88.6 cm³/mol. The smallest absolute Gasteiger partial charge is 0.406 e. The third-order valence-electron chi connectivity index (χ3n) is 3.14. The van der Waals surface area contributed by atoms with E-state index in [1.165, 1.54) is 23.5 Å². The quantitative estimate of drug-likeness (QED) is 0.712. The van der Waals surface area contributed by atoms with Crippen LogP contribution in [0.5, 0.6) is 5.75 Å². The Morgan fingerprint density at radius 3 is 2.36 bits per heavy atom. The molecule has 0 atom stereocenters. The second kappa shape index (κ2) is 6.94. The number of rotatable bonds is 4. The lowest BCUT2D eigenvalue weighted by molar-refractivity contribution is -0.274. The molecule has 0 aliphatic heterocycles. The zero-order valence-corrected chi connectivity index (χ0v) is 13.4. The Morgan fingerprint density at radius 1 is 1.04 bits per heavy atom. The molecule has 1 N–H and O–H groups in total. The first-order chi connectivity index (χ1) is 11.9. The first-order valence-electron chi connectivity index (χ1n) is 7.09. The molecule has 0 saturated heterocycles. The van der Waals surface area contributed by atoms with Gasteiger partial charge in [0.2, 0.25) is 0 Å². The number of hydrogen-bond donors (Lipinski definition) is 1. The van der Waals surface area contributed by atoms with Crippen molar-refractivity contribution in [2.45, 2.75) is 6.36 Å². The number of carbonyl (C=O) groups excluding carboxylic acids is 1. The van der Waals surface area contributed by atoms with Crippen LogP contribution in [0, 0.1) is 0 Å². The van der Waals surface area contributed by atoms with Gasteiger partial charge in [-0.1, -0.05) is 30.3 Å². The van der Waals surface area contributed by atoms with Crippen LogP contribution in [0.25, 0.3) is 11.3 Å². The molecule has 4 nitrogen and oxygen atoms in total. The number of halogens is 3. The van der Waals surface area contributed by atoms with E-state index >= 15 is 0 Å². The average Bonchev–Trinajstić information content (AvgIpc) is 3.03. The third-order valence-corrected chi connectivity index (χ3v) is 3.90. The summed E-state index contributed by atoms with van der Waals surface area (Å²) in [6.07, 6.45) is -4.77. The summed E-state index contributed by atoms with van der Waals surface area (Å²) in [6, 6.07) is 14.1. The van der Waals surface area contributed by atoms with E-state index in [9.17, 15) is 18.0 Å². The van der Waals surface area contributed by atoms with Crippen LogP contribution in [0.2, 0.25) is 0 Å². The number of ether oxygens (including phenoxy) is 1. The molecule has 0 saturated carbocycles. The van der Waals surface area contributed by atoms with Crippen LogP contribution >= 0.6 is 11.3 Å². The molecule has 1 aromatic heterocycles. The van der Waals surface area contributed by atoms with E-state index in [1.54, 1.807) is 0 Å². The number of nitrogens with zero attached hydrogens (tertiary/aromatic N) is 1. The minimum atomic E-state index is -4.77. The Labute approximate surface area is 144 Å². The van der Waals surface area contributed by atoms with Crippen molar-refractivity contribution >= 4 is 22.4 Å². The SMILES string of the molecule is O=C(Nc1nc(-c2ccccc2)cs1)c1ccc(OC(F)(F)F)cc1. The molecule has 128 valence electrons. The lowest BCUT2D eigenvalue weighted by Gasteiger charge is -2.09. The first kappa shape index (κ1) is 17.0. The maximum absolute atomic E-state index is 12.1. The fourth-order valence-corrected chi connectivity index (χ4v) is 2.76. The topological polar surface area (TPSA) is 51.2 Å². The predicted octanol–water partition coefficient (Wildman–Crippen LogP) is 4.96. The molecule has 1 heterocycles. The number of alkyl halides is 3. The number of thiazole rings is 1. The molecular formula is C17H11F3N2O2S. The van der Waals surface area contributed by atoms with Gasteiger partial charge in [0.1, 0.15) is 5.75 Å². The second-order valence-corrected chi connectivity index (χ2v) is 5.79. The molecule has 0 fully saturated rings. The van der Waals surface area contributed by atoms with Crippen LogP contribution < -0.4 is 10.1 Å². The molecule has 8 heteroatoms. The molecular weight excluding hydrogens is 353 g/mol. The highest BCUT2D eigenvalue weighted by Crippen LogP contribution is 2.26. The summed E-state index contributed by atoms with van der Waals surface area (Å²) in [4.78, 5) is 16.5. The van der Waals surface area contributed by atoms with Crippen molar-refractivity contribution in [3.63, 3.8) is 0 Å². The van der Waals surface area contributed by atoms with Gasteiger partial charge in [-0.15, -0.1) is 24.5 Å². The van der Waals surface area contributed by atoms with Gasteiger partial charge in [0, 0.05) is 16.5 Å². The lowest BCUT2D eigenvalue weighted by atomic mass is 10.2. The van der Waals surface area contributed by atoms with Crippen LogP contribution in [-0.4, -0.2) is 17.3 Å². The highest BCUT2D eigenvalue weighted by atomic mass is 32.1. The Bertz CT molecular complexity index is 862.